The maximum atomic E-state index is 12.9. The zero-order valence-corrected chi connectivity index (χ0v) is 18.3. The molecule has 1 amide bonds. The van der Waals surface area contributed by atoms with Crippen LogP contribution in [-0.4, -0.2) is 28.4 Å². The van der Waals surface area contributed by atoms with E-state index in [9.17, 15) is 9.59 Å². The second kappa shape index (κ2) is 8.62. The molecule has 0 aliphatic heterocycles. The van der Waals surface area contributed by atoms with Crippen LogP contribution < -0.4 is 10.9 Å². The second-order valence-corrected chi connectivity index (χ2v) is 9.95. The molecule has 0 unspecified atom stereocenters. The molecule has 0 saturated heterocycles. The molecule has 4 bridgehead atoms. The van der Waals surface area contributed by atoms with Gasteiger partial charge in [0.2, 0.25) is 0 Å². The molecular weight excluding hydrogens is 386 g/mol. The summed E-state index contributed by atoms with van der Waals surface area (Å²) in [6, 6.07) is 14.2. The van der Waals surface area contributed by atoms with E-state index in [0.29, 0.717) is 18.4 Å². The van der Waals surface area contributed by atoms with Crippen LogP contribution in [0.3, 0.4) is 0 Å². The summed E-state index contributed by atoms with van der Waals surface area (Å²) in [5.41, 5.74) is 2.05. The summed E-state index contributed by atoms with van der Waals surface area (Å²) in [5, 5.41) is 3.25. The Bertz CT molecular complexity index is 956. The fourth-order valence-corrected chi connectivity index (χ4v) is 6.54. The molecule has 0 atom stereocenters. The van der Waals surface area contributed by atoms with Crippen molar-refractivity contribution in [2.75, 3.05) is 6.54 Å². The first-order valence-corrected chi connectivity index (χ1v) is 11.9. The van der Waals surface area contributed by atoms with Crippen molar-refractivity contribution in [3.05, 3.63) is 69.6 Å². The van der Waals surface area contributed by atoms with Gasteiger partial charge in [0.15, 0.2) is 0 Å². The molecule has 0 spiro atoms. The van der Waals surface area contributed by atoms with Gasteiger partial charge in [0.05, 0.1) is 0 Å². The predicted octanol–water partition coefficient (Wildman–Crippen LogP) is 3.95. The summed E-state index contributed by atoms with van der Waals surface area (Å²) in [4.78, 5) is 30.9. The summed E-state index contributed by atoms with van der Waals surface area (Å²) < 4.78 is 0. The number of rotatable bonds is 7. The quantitative estimate of drug-likeness (QED) is 0.714. The van der Waals surface area contributed by atoms with E-state index < -0.39 is 0 Å². The Hall–Kier alpha value is -2.40. The smallest absolute Gasteiger partial charge is 0.261 e. The van der Waals surface area contributed by atoms with Crippen LogP contribution in [0.1, 0.15) is 60.6 Å². The van der Waals surface area contributed by atoms with Crippen LogP contribution in [0, 0.1) is 23.7 Å². The van der Waals surface area contributed by atoms with Gasteiger partial charge in [0.1, 0.15) is 5.56 Å². The highest BCUT2D eigenvalue weighted by atomic mass is 16.2. The molecule has 1 heterocycles. The van der Waals surface area contributed by atoms with Crippen molar-refractivity contribution in [2.24, 2.45) is 23.7 Å². The van der Waals surface area contributed by atoms with Crippen molar-refractivity contribution in [3.8, 4) is 0 Å². The number of pyridine rings is 1. The van der Waals surface area contributed by atoms with E-state index in [4.69, 9.17) is 0 Å². The Labute approximate surface area is 184 Å². The summed E-state index contributed by atoms with van der Waals surface area (Å²) in [6.07, 6.45) is 6.40. The number of benzene rings is 1. The number of aromatic amines is 1. The molecule has 0 radical (unpaired) electrons. The summed E-state index contributed by atoms with van der Waals surface area (Å²) in [7, 11) is 0. The van der Waals surface area contributed by atoms with E-state index in [2.05, 4.69) is 34.3 Å². The molecule has 5 nitrogen and oxygen atoms in total. The largest absolute Gasteiger partial charge is 0.349 e. The van der Waals surface area contributed by atoms with Crippen LogP contribution in [0.2, 0.25) is 0 Å². The van der Waals surface area contributed by atoms with Crippen LogP contribution in [0.25, 0.3) is 0 Å². The maximum Gasteiger partial charge on any atom is 0.261 e. The zero-order chi connectivity index (χ0) is 21.4. The van der Waals surface area contributed by atoms with Gasteiger partial charge in [-0.15, -0.1) is 0 Å². The van der Waals surface area contributed by atoms with Crippen LogP contribution in [0.4, 0.5) is 0 Å². The molecule has 31 heavy (non-hydrogen) atoms. The van der Waals surface area contributed by atoms with Crippen molar-refractivity contribution < 1.29 is 4.79 Å². The number of nitrogens with one attached hydrogen (secondary N) is 2. The fraction of sp³-hybridized carbons (Fsp3) is 0.538. The Kier molecular flexibility index (Phi) is 5.70. The SMILES string of the molecule is CCN(Cc1ccccc1)Cc1ccc(C(=O)NC2C3CC4CC(C3)CC2C4)c(=O)[nH]1. The first kappa shape index (κ1) is 20.5. The van der Waals surface area contributed by atoms with Gasteiger partial charge >= 0.3 is 0 Å². The topological polar surface area (TPSA) is 65.2 Å². The highest BCUT2D eigenvalue weighted by Crippen LogP contribution is 2.53. The van der Waals surface area contributed by atoms with E-state index in [1.54, 1.807) is 6.07 Å². The summed E-state index contributed by atoms with van der Waals surface area (Å²) >= 11 is 0. The lowest BCUT2D eigenvalue weighted by Gasteiger charge is -2.54. The third-order valence-corrected chi connectivity index (χ3v) is 7.83. The van der Waals surface area contributed by atoms with Gasteiger partial charge in [-0.1, -0.05) is 37.3 Å². The molecule has 164 valence electrons. The Morgan fingerprint density at radius 1 is 0.968 bits per heavy atom. The van der Waals surface area contributed by atoms with Crippen molar-refractivity contribution in [1.29, 1.82) is 0 Å². The molecule has 4 fully saturated rings. The van der Waals surface area contributed by atoms with Gasteiger partial charge in [-0.2, -0.15) is 0 Å². The Balaban J connectivity index is 1.24. The zero-order valence-electron chi connectivity index (χ0n) is 18.3. The third kappa shape index (κ3) is 4.33. The minimum Gasteiger partial charge on any atom is -0.349 e. The molecule has 2 aromatic rings. The van der Waals surface area contributed by atoms with E-state index in [1.165, 1.54) is 37.7 Å². The van der Waals surface area contributed by atoms with E-state index >= 15 is 0 Å². The van der Waals surface area contributed by atoms with Crippen LogP contribution in [0.15, 0.2) is 47.3 Å². The number of hydrogen-bond donors (Lipinski definition) is 2. The number of hydrogen-bond acceptors (Lipinski definition) is 3. The Morgan fingerprint density at radius 3 is 2.26 bits per heavy atom. The lowest BCUT2D eigenvalue weighted by Crippen LogP contribution is -2.56. The number of carbonyl (C=O) groups is 1. The highest BCUT2D eigenvalue weighted by molar-refractivity contribution is 5.94. The van der Waals surface area contributed by atoms with Crippen molar-refractivity contribution in [1.82, 2.24) is 15.2 Å². The average molecular weight is 420 g/mol. The van der Waals surface area contributed by atoms with E-state index in [-0.39, 0.29) is 23.1 Å². The minimum absolute atomic E-state index is 0.207. The maximum absolute atomic E-state index is 12.9. The predicted molar refractivity (Wildman–Crippen MR) is 122 cm³/mol. The van der Waals surface area contributed by atoms with E-state index in [1.807, 2.05) is 24.3 Å². The summed E-state index contributed by atoms with van der Waals surface area (Å²) in [5.74, 6) is 2.75. The van der Waals surface area contributed by atoms with Gasteiger partial charge in [-0.25, -0.2) is 0 Å². The number of carbonyl (C=O) groups excluding carboxylic acids is 1. The molecule has 2 N–H and O–H groups in total. The highest BCUT2D eigenvalue weighted by Gasteiger charge is 2.48. The second-order valence-electron chi connectivity index (χ2n) is 9.95. The normalized spacial score (nSPS) is 28.8. The molecule has 4 aliphatic carbocycles. The Morgan fingerprint density at radius 2 is 1.65 bits per heavy atom. The summed E-state index contributed by atoms with van der Waals surface area (Å²) in [6.45, 7) is 4.48. The number of H-pyrrole nitrogens is 1. The molecule has 4 aliphatic rings. The van der Waals surface area contributed by atoms with Gasteiger partial charge in [-0.05, 0) is 80.0 Å². The number of nitrogens with zero attached hydrogens (tertiary/aromatic N) is 1. The van der Waals surface area contributed by atoms with Crippen molar-refractivity contribution >= 4 is 5.91 Å². The van der Waals surface area contributed by atoms with E-state index in [0.717, 1.165) is 30.6 Å². The van der Waals surface area contributed by atoms with Crippen molar-refractivity contribution in [3.63, 3.8) is 0 Å². The molecule has 6 rings (SSSR count). The van der Waals surface area contributed by atoms with Crippen LogP contribution in [-0.2, 0) is 13.1 Å². The minimum atomic E-state index is -0.283. The monoisotopic (exact) mass is 419 g/mol. The van der Waals surface area contributed by atoms with Gasteiger partial charge < -0.3 is 10.3 Å². The van der Waals surface area contributed by atoms with Gasteiger partial charge in [0, 0.05) is 24.8 Å². The fourth-order valence-electron chi connectivity index (χ4n) is 6.54. The van der Waals surface area contributed by atoms with Gasteiger partial charge in [0.25, 0.3) is 11.5 Å². The van der Waals surface area contributed by atoms with Gasteiger partial charge in [-0.3, -0.25) is 14.5 Å². The lowest BCUT2D eigenvalue weighted by atomic mass is 9.54. The number of amides is 1. The molecule has 4 saturated carbocycles. The van der Waals surface area contributed by atoms with Crippen LogP contribution >= 0.6 is 0 Å². The molecule has 1 aromatic heterocycles. The first-order chi connectivity index (χ1) is 15.1. The molecule has 5 heteroatoms. The van der Waals surface area contributed by atoms with Crippen LogP contribution in [0.5, 0.6) is 0 Å². The average Bonchev–Trinajstić information content (AvgIpc) is 2.76. The lowest BCUT2D eigenvalue weighted by molar-refractivity contribution is -0.0119. The standard InChI is InChI=1S/C26H33N3O2/c1-2-29(15-17-6-4-3-5-7-17)16-22-8-9-23(25(30)27-22)26(31)28-24-20-11-18-10-19(13-20)14-21(24)12-18/h3-9,18-21,24H,2,10-16H2,1H3,(H,27,30)(H,28,31). The first-order valence-electron chi connectivity index (χ1n) is 11.9. The third-order valence-electron chi connectivity index (χ3n) is 7.83. The van der Waals surface area contributed by atoms with Crippen molar-refractivity contribution in [2.45, 2.75) is 58.2 Å². The number of aromatic nitrogens is 1. The molecular formula is C26H33N3O2. The molecule has 1 aromatic carbocycles.